The van der Waals surface area contributed by atoms with Crippen LogP contribution in [0.3, 0.4) is 0 Å². The summed E-state index contributed by atoms with van der Waals surface area (Å²) in [5.74, 6) is 0.583. The van der Waals surface area contributed by atoms with Crippen molar-refractivity contribution in [1.82, 2.24) is 4.90 Å². The second-order valence-corrected chi connectivity index (χ2v) is 10.1. The SMILES string of the molecule is O=C(COc1ccccc1-c1ccccc1)N(C[C@@H]1CCCO1)[C@H]1CCS(=O)(=O)C1. The van der Waals surface area contributed by atoms with Gasteiger partial charge in [-0.3, -0.25) is 4.79 Å². The molecule has 2 heterocycles. The first-order valence-electron chi connectivity index (χ1n) is 10.4. The summed E-state index contributed by atoms with van der Waals surface area (Å²) in [6, 6.07) is 17.2. The molecule has 2 aliphatic heterocycles. The summed E-state index contributed by atoms with van der Waals surface area (Å²) < 4.78 is 35.6. The van der Waals surface area contributed by atoms with Gasteiger partial charge >= 0.3 is 0 Å². The van der Waals surface area contributed by atoms with Gasteiger partial charge in [0.15, 0.2) is 16.4 Å². The molecule has 0 N–H and O–H groups in total. The molecule has 1 amide bonds. The van der Waals surface area contributed by atoms with Crippen molar-refractivity contribution in [2.45, 2.75) is 31.4 Å². The van der Waals surface area contributed by atoms with Crippen molar-refractivity contribution in [1.29, 1.82) is 0 Å². The van der Waals surface area contributed by atoms with E-state index in [2.05, 4.69) is 0 Å². The lowest BCUT2D eigenvalue weighted by molar-refractivity contribution is -0.137. The Kier molecular flexibility index (Phi) is 6.39. The highest BCUT2D eigenvalue weighted by atomic mass is 32.2. The van der Waals surface area contributed by atoms with Gasteiger partial charge in [0.25, 0.3) is 5.91 Å². The second-order valence-electron chi connectivity index (χ2n) is 7.89. The van der Waals surface area contributed by atoms with E-state index < -0.39 is 9.84 Å². The third-order valence-corrected chi connectivity index (χ3v) is 7.47. The van der Waals surface area contributed by atoms with Crippen LogP contribution in [-0.2, 0) is 19.4 Å². The number of para-hydroxylation sites is 1. The Morgan fingerprint density at radius 2 is 1.83 bits per heavy atom. The van der Waals surface area contributed by atoms with Crippen LogP contribution in [0.4, 0.5) is 0 Å². The van der Waals surface area contributed by atoms with E-state index >= 15 is 0 Å². The molecule has 2 atom stereocenters. The molecule has 2 saturated heterocycles. The van der Waals surface area contributed by atoms with Crippen LogP contribution in [0.2, 0.25) is 0 Å². The van der Waals surface area contributed by atoms with E-state index in [1.165, 1.54) is 0 Å². The van der Waals surface area contributed by atoms with E-state index in [4.69, 9.17) is 9.47 Å². The molecular formula is C23H27NO5S. The summed E-state index contributed by atoms with van der Waals surface area (Å²) in [7, 11) is -3.09. The van der Waals surface area contributed by atoms with E-state index in [1.807, 2.05) is 54.6 Å². The maximum Gasteiger partial charge on any atom is 0.260 e. The molecule has 0 radical (unpaired) electrons. The number of rotatable bonds is 7. The second kappa shape index (κ2) is 9.18. The quantitative estimate of drug-likeness (QED) is 0.677. The van der Waals surface area contributed by atoms with Crippen molar-refractivity contribution < 1.29 is 22.7 Å². The molecule has 7 heteroatoms. The lowest BCUT2D eigenvalue weighted by atomic mass is 10.1. The van der Waals surface area contributed by atoms with Gasteiger partial charge in [-0.2, -0.15) is 0 Å². The van der Waals surface area contributed by atoms with Crippen molar-refractivity contribution in [3.8, 4) is 16.9 Å². The van der Waals surface area contributed by atoms with E-state index in [0.29, 0.717) is 25.3 Å². The van der Waals surface area contributed by atoms with Crippen LogP contribution in [0.25, 0.3) is 11.1 Å². The van der Waals surface area contributed by atoms with Crippen LogP contribution < -0.4 is 4.74 Å². The molecule has 2 aromatic rings. The fraction of sp³-hybridized carbons (Fsp3) is 0.435. The fourth-order valence-corrected chi connectivity index (χ4v) is 5.89. The lowest BCUT2D eigenvalue weighted by Gasteiger charge is -2.30. The molecule has 0 aliphatic carbocycles. The topological polar surface area (TPSA) is 72.9 Å². The Bertz CT molecular complexity index is 970. The van der Waals surface area contributed by atoms with Gasteiger partial charge in [0.2, 0.25) is 0 Å². The zero-order valence-electron chi connectivity index (χ0n) is 16.9. The normalized spacial score (nSPS) is 22.7. The standard InChI is InChI=1S/C23H27NO5S/c25-23(16-29-22-11-5-4-10-21(22)18-7-2-1-3-8-18)24(15-20-9-6-13-28-20)19-12-14-30(26,27)17-19/h1-5,7-8,10-11,19-20H,6,9,12-17H2/t19-,20-/m0/s1. The zero-order valence-corrected chi connectivity index (χ0v) is 17.7. The van der Waals surface area contributed by atoms with E-state index in [1.54, 1.807) is 4.90 Å². The number of sulfone groups is 1. The van der Waals surface area contributed by atoms with Gasteiger partial charge in [0.1, 0.15) is 5.75 Å². The predicted octanol–water partition coefficient (Wildman–Crippen LogP) is 2.93. The van der Waals surface area contributed by atoms with Crippen LogP contribution in [0.5, 0.6) is 5.75 Å². The summed E-state index contributed by atoms with van der Waals surface area (Å²) in [4.78, 5) is 14.8. The van der Waals surface area contributed by atoms with E-state index in [9.17, 15) is 13.2 Å². The number of hydrogen-bond acceptors (Lipinski definition) is 5. The van der Waals surface area contributed by atoms with Crippen LogP contribution in [0, 0.1) is 0 Å². The maximum atomic E-state index is 13.1. The smallest absolute Gasteiger partial charge is 0.260 e. The van der Waals surface area contributed by atoms with Crippen LogP contribution in [0.1, 0.15) is 19.3 Å². The number of benzene rings is 2. The minimum absolute atomic E-state index is 0.0199. The van der Waals surface area contributed by atoms with Gasteiger partial charge in [-0.1, -0.05) is 48.5 Å². The lowest BCUT2D eigenvalue weighted by Crippen LogP contribution is -2.47. The number of hydrogen-bond donors (Lipinski definition) is 0. The van der Waals surface area contributed by atoms with E-state index in [-0.39, 0.29) is 36.2 Å². The van der Waals surface area contributed by atoms with Gasteiger partial charge in [0, 0.05) is 24.8 Å². The summed E-state index contributed by atoms with van der Waals surface area (Å²) in [5.41, 5.74) is 1.93. The Morgan fingerprint density at radius 1 is 1.07 bits per heavy atom. The molecule has 6 nitrogen and oxygen atoms in total. The van der Waals surface area contributed by atoms with Crippen LogP contribution in [-0.4, -0.2) is 62.6 Å². The third-order valence-electron chi connectivity index (χ3n) is 5.72. The van der Waals surface area contributed by atoms with Crippen molar-refractivity contribution in [3.63, 3.8) is 0 Å². The summed E-state index contributed by atoms with van der Waals surface area (Å²) >= 11 is 0. The molecular weight excluding hydrogens is 402 g/mol. The minimum atomic E-state index is -3.09. The minimum Gasteiger partial charge on any atom is -0.483 e. The number of carbonyl (C=O) groups excluding carboxylic acids is 1. The van der Waals surface area contributed by atoms with Crippen molar-refractivity contribution in [2.24, 2.45) is 0 Å². The molecule has 2 fully saturated rings. The van der Waals surface area contributed by atoms with E-state index in [0.717, 1.165) is 24.0 Å². The molecule has 30 heavy (non-hydrogen) atoms. The first-order valence-corrected chi connectivity index (χ1v) is 12.2. The maximum absolute atomic E-state index is 13.1. The number of nitrogens with zero attached hydrogens (tertiary/aromatic N) is 1. The van der Waals surface area contributed by atoms with Gasteiger partial charge in [-0.25, -0.2) is 8.42 Å². The highest BCUT2D eigenvalue weighted by Gasteiger charge is 2.36. The third kappa shape index (κ3) is 5.02. The molecule has 160 valence electrons. The van der Waals surface area contributed by atoms with Crippen molar-refractivity contribution in [3.05, 3.63) is 54.6 Å². The molecule has 0 unspecified atom stereocenters. The molecule has 2 aromatic carbocycles. The van der Waals surface area contributed by atoms with Gasteiger partial charge in [-0.15, -0.1) is 0 Å². The zero-order chi connectivity index (χ0) is 21.0. The van der Waals surface area contributed by atoms with Crippen LogP contribution in [0.15, 0.2) is 54.6 Å². The molecule has 2 aliphatic rings. The number of amides is 1. The average molecular weight is 430 g/mol. The number of carbonyl (C=O) groups is 1. The summed E-state index contributed by atoms with van der Waals surface area (Å²) in [6.07, 6.45) is 2.30. The molecule has 0 bridgehead atoms. The van der Waals surface area contributed by atoms with Gasteiger partial charge in [-0.05, 0) is 30.9 Å². The Morgan fingerprint density at radius 3 is 2.53 bits per heavy atom. The van der Waals surface area contributed by atoms with Gasteiger partial charge < -0.3 is 14.4 Å². The Hall–Kier alpha value is -2.38. The predicted molar refractivity (Wildman–Crippen MR) is 115 cm³/mol. The first kappa shape index (κ1) is 20.9. The number of ether oxygens (including phenoxy) is 2. The van der Waals surface area contributed by atoms with Crippen LogP contribution >= 0.6 is 0 Å². The fourth-order valence-electron chi connectivity index (χ4n) is 4.15. The summed E-state index contributed by atoms with van der Waals surface area (Å²) in [5, 5.41) is 0. The van der Waals surface area contributed by atoms with Crippen molar-refractivity contribution >= 4 is 15.7 Å². The van der Waals surface area contributed by atoms with Gasteiger partial charge in [0.05, 0.1) is 17.6 Å². The molecule has 0 saturated carbocycles. The highest BCUT2D eigenvalue weighted by molar-refractivity contribution is 7.91. The first-order chi connectivity index (χ1) is 14.5. The summed E-state index contributed by atoms with van der Waals surface area (Å²) in [6.45, 7) is 0.979. The monoisotopic (exact) mass is 429 g/mol. The molecule has 4 rings (SSSR count). The van der Waals surface area contributed by atoms with Crippen molar-refractivity contribution in [2.75, 3.05) is 31.3 Å². The largest absolute Gasteiger partial charge is 0.483 e. The Labute approximate surface area is 177 Å². The Balaban J connectivity index is 1.48. The molecule has 0 spiro atoms. The molecule has 0 aromatic heterocycles. The average Bonchev–Trinajstić information content (AvgIpc) is 3.40. The highest BCUT2D eigenvalue weighted by Crippen LogP contribution is 2.30.